The summed E-state index contributed by atoms with van der Waals surface area (Å²) >= 11 is 0. The number of hydrogen-bond acceptors (Lipinski definition) is 2. The van der Waals surface area contributed by atoms with Crippen LogP contribution in [0.2, 0.25) is 0 Å². The fourth-order valence-electron chi connectivity index (χ4n) is 2.68. The lowest BCUT2D eigenvalue weighted by molar-refractivity contribution is 0.0926. The molecule has 0 aliphatic rings. The zero-order chi connectivity index (χ0) is 17.5. The number of nitrogens with one attached hydrogen (secondary N) is 1. The van der Waals surface area contributed by atoms with Crippen LogP contribution in [-0.4, -0.2) is 12.0 Å². The van der Waals surface area contributed by atoms with Gasteiger partial charge in [-0.15, -0.1) is 0 Å². The summed E-state index contributed by atoms with van der Waals surface area (Å²) in [5, 5.41) is 3.18. The van der Waals surface area contributed by atoms with E-state index in [9.17, 15) is 4.79 Å². The van der Waals surface area contributed by atoms with Gasteiger partial charge in [0.25, 0.3) is 5.91 Å². The maximum absolute atomic E-state index is 12.8. The Kier molecular flexibility index (Phi) is 6.42. The molecule has 0 aromatic heterocycles. The molecule has 0 spiro atoms. The number of hydrogen-bond donors (Lipinski definition) is 1. The molecule has 0 saturated carbocycles. The maximum Gasteiger partial charge on any atom is 0.255 e. The Morgan fingerprint density at radius 3 is 2.21 bits per heavy atom. The van der Waals surface area contributed by atoms with E-state index in [-0.39, 0.29) is 18.1 Å². The highest BCUT2D eigenvalue weighted by Gasteiger charge is 2.19. The van der Waals surface area contributed by atoms with Crippen molar-refractivity contribution in [1.29, 1.82) is 0 Å². The summed E-state index contributed by atoms with van der Waals surface area (Å²) in [5.74, 6) is 1.01. The van der Waals surface area contributed by atoms with Crippen LogP contribution in [0.15, 0.2) is 54.6 Å². The Bertz CT molecular complexity index is 650. The molecule has 1 N–H and O–H groups in total. The molecule has 128 valence electrons. The zero-order valence-electron chi connectivity index (χ0n) is 15.0. The molecule has 1 amide bonds. The van der Waals surface area contributed by atoms with E-state index in [1.807, 2.05) is 56.3 Å². The van der Waals surface area contributed by atoms with Crippen LogP contribution in [0.4, 0.5) is 0 Å². The van der Waals surface area contributed by atoms with Crippen molar-refractivity contribution in [3.63, 3.8) is 0 Å². The Morgan fingerprint density at radius 2 is 1.58 bits per heavy atom. The van der Waals surface area contributed by atoms with Crippen LogP contribution in [-0.2, 0) is 0 Å². The minimum Gasteiger partial charge on any atom is -0.490 e. The van der Waals surface area contributed by atoms with Crippen LogP contribution < -0.4 is 10.1 Å². The lowest BCUT2D eigenvalue weighted by Crippen LogP contribution is -2.30. The standard InChI is InChI=1S/C21H27NO2/c1-15(2)14-19(17-10-6-5-7-11-17)22-21(23)18-12-8-9-13-20(18)24-16(3)4/h5-13,15-16,19H,14H2,1-4H3,(H,22,23)/t19-/m1/s1. The van der Waals surface area contributed by atoms with E-state index in [4.69, 9.17) is 4.74 Å². The maximum atomic E-state index is 12.8. The predicted molar refractivity (Wildman–Crippen MR) is 98.3 cm³/mol. The van der Waals surface area contributed by atoms with Crippen molar-refractivity contribution in [2.75, 3.05) is 0 Å². The number of rotatable bonds is 7. The van der Waals surface area contributed by atoms with Gasteiger partial charge in [0.1, 0.15) is 5.75 Å². The second-order valence-corrected chi connectivity index (χ2v) is 6.73. The third-order valence-corrected chi connectivity index (χ3v) is 3.71. The molecule has 0 heterocycles. The Morgan fingerprint density at radius 1 is 0.958 bits per heavy atom. The second kappa shape index (κ2) is 8.53. The third-order valence-electron chi connectivity index (χ3n) is 3.71. The number of carbonyl (C=O) groups is 1. The van der Waals surface area contributed by atoms with Gasteiger partial charge in [0, 0.05) is 0 Å². The molecule has 3 heteroatoms. The van der Waals surface area contributed by atoms with Crippen LogP contribution >= 0.6 is 0 Å². The van der Waals surface area contributed by atoms with Gasteiger partial charge in [0.2, 0.25) is 0 Å². The predicted octanol–water partition coefficient (Wildman–Crippen LogP) is 4.99. The van der Waals surface area contributed by atoms with Gasteiger partial charge in [-0.2, -0.15) is 0 Å². The smallest absolute Gasteiger partial charge is 0.255 e. The van der Waals surface area contributed by atoms with E-state index >= 15 is 0 Å². The summed E-state index contributed by atoms with van der Waals surface area (Å²) in [6, 6.07) is 17.5. The Balaban J connectivity index is 2.22. The van der Waals surface area contributed by atoms with Crippen molar-refractivity contribution in [2.45, 2.75) is 46.3 Å². The number of carbonyl (C=O) groups excluding carboxylic acids is 1. The van der Waals surface area contributed by atoms with E-state index in [0.29, 0.717) is 17.2 Å². The molecule has 0 aliphatic heterocycles. The van der Waals surface area contributed by atoms with Crippen molar-refractivity contribution < 1.29 is 9.53 Å². The normalized spacial score (nSPS) is 12.2. The van der Waals surface area contributed by atoms with Crippen LogP contribution in [0.5, 0.6) is 5.75 Å². The van der Waals surface area contributed by atoms with E-state index in [1.54, 1.807) is 0 Å². The van der Waals surface area contributed by atoms with Crippen LogP contribution in [0.1, 0.15) is 56.1 Å². The molecule has 2 rings (SSSR count). The average molecular weight is 325 g/mol. The topological polar surface area (TPSA) is 38.3 Å². The van der Waals surface area contributed by atoms with Gasteiger partial charge in [-0.25, -0.2) is 0 Å². The quantitative estimate of drug-likeness (QED) is 0.778. The van der Waals surface area contributed by atoms with Gasteiger partial charge in [-0.1, -0.05) is 56.3 Å². The molecule has 0 aliphatic carbocycles. The van der Waals surface area contributed by atoms with E-state index in [2.05, 4.69) is 31.3 Å². The summed E-state index contributed by atoms with van der Waals surface area (Å²) in [4.78, 5) is 12.8. The summed E-state index contributed by atoms with van der Waals surface area (Å²) < 4.78 is 5.77. The molecule has 2 aromatic carbocycles. The highest BCUT2D eigenvalue weighted by molar-refractivity contribution is 5.97. The number of amides is 1. The first-order valence-electron chi connectivity index (χ1n) is 8.59. The van der Waals surface area contributed by atoms with Crippen molar-refractivity contribution in [1.82, 2.24) is 5.32 Å². The van der Waals surface area contributed by atoms with E-state index < -0.39 is 0 Å². The van der Waals surface area contributed by atoms with Crippen molar-refractivity contribution in [2.24, 2.45) is 5.92 Å². The van der Waals surface area contributed by atoms with Crippen LogP contribution in [0, 0.1) is 5.92 Å². The van der Waals surface area contributed by atoms with Gasteiger partial charge < -0.3 is 10.1 Å². The number of ether oxygens (including phenoxy) is 1. The van der Waals surface area contributed by atoms with Crippen LogP contribution in [0.25, 0.3) is 0 Å². The lowest BCUT2D eigenvalue weighted by Gasteiger charge is -2.22. The molecule has 0 unspecified atom stereocenters. The van der Waals surface area contributed by atoms with Gasteiger partial charge in [-0.05, 0) is 43.9 Å². The minimum absolute atomic E-state index is 0.00851. The Hall–Kier alpha value is -2.29. The van der Waals surface area contributed by atoms with E-state index in [1.165, 1.54) is 0 Å². The SMILES string of the molecule is CC(C)C[C@@H](NC(=O)c1ccccc1OC(C)C)c1ccccc1. The zero-order valence-corrected chi connectivity index (χ0v) is 15.0. The molecule has 3 nitrogen and oxygen atoms in total. The molecule has 1 atom stereocenters. The highest BCUT2D eigenvalue weighted by atomic mass is 16.5. The van der Waals surface area contributed by atoms with Crippen molar-refractivity contribution in [3.8, 4) is 5.75 Å². The summed E-state index contributed by atoms with van der Waals surface area (Å²) in [6.07, 6.45) is 0.919. The Labute approximate surface area is 145 Å². The number of para-hydroxylation sites is 1. The molecule has 0 saturated heterocycles. The minimum atomic E-state index is -0.0965. The summed E-state index contributed by atoms with van der Waals surface area (Å²) in [5.41, 5.74) is 1.71. The molecular formula is C21H27NO2. The largest absolute Gasteiger partial charge is 0.490 e. The monoisotopic (exact) mass is 325 g/mol. The van der Waals surface area contributed by atoms with Gasteiger partial charge in [-0.3, -0.25) is 4.79 Å². The van der Waals surface area contributed by atoms with Crippen molar-refractivity contribution >= 4 is 5.91 Å². The summed E-state index contributed by atoms with van der Waals surface area (Å²) in [7, 11) is 0. The fourth-order valence-corrected chi connectivity index (χ4v) is 2.68. The molecule has 0 radical (unpaired) electrons. The first-order chi connectivity index (χ1) is 11.5. The van der Waals surface area contributed by atoms with Gasteiger partial charge >= 0.3 is 0 Å². The average Bonchev–Trinajstić information content (AvgIpc) is 2.54. The van der Waals surface area contributed by atoms with Gasteiger partial charge in [0.15, 0.2) is 0 Å². The van der Waals surface area contributed by atoms with Crippen LogP contribution in [0.3, 0.4) is 0 Å². The summed E-state index contributed by atoms with van der Waals surface area (Å²) in [6.45, 7) is 8.25. The first kappa shape index (κ1) is 18.1. The highest BCUT2D eigenvalue weighted by Crippen LogP contribution is 2.24. The second-order valence-electron chi connectivity index (χ2n) is 6.73. The fraction of sp³-hybridized carbons (Fsp3) is 0.381. The van der Waals surface area contributed by atoms with Crippen molar-refractivity contribution in [3.05, 3.63) is 65.7 Å². The van der Waals surface area contributed by atoms with E-state index in [0.717, 1.165) is 12.0 Å². The molecule has 24 heavy (non-hydrogen) atoms. The molecule has 0 bridgehead atoms. The number of benzene rings is 2. The van der Waals surface area contributed by atoms with Gasteiger partial charge in [0.05, 0.1) is 17.7 Å². The molecule has 0 fully saturated rings. The lowest BCUT2D eigenvalue weighted by atomic mass is 9.96. The molecular weight excluding hydrogens is 298 g/mol. The first-order valence-corrected chi connectivity index (χ1v) is 8.59. The molecule has 2 aromatic rings. The third kappa shape index (κ3) is 5.12.